The van der Waals surface area contributed by atoms with E-state index in [4.69, 9.17) is 4.74 Å². The standard InChI is InChI=1S/C26H31N5O4/c1-29(2)15-7-10-23(33)20-9-5-11-24(21(20)17-32)35-18-19-8-6-13-27-26(19)22-12-14-28-31(22)25(34)16-30(3)4/h5-6,8-9,11-14,17H,7,10,15-16,18H2,1-4H3. The highest BCUT2D eigenvalue weighted by molar-refractivity contribution is 6.04. The van der Waals surface area contributed by atoms with Crippen LogP contribution in [0.4, 0.5) is 0 Å². The smallest absolute Gasteiger partial charge is 0.261 e. The van der Waals surface area contributed by atoms with Crippen molar-refractivity contribution in [2.75, 3.05) is 41.3 Å². The average molecular weight is 478 g/mol. The largest absolute Gasteiger partial charge is 0.488 e. The molecule has 3 rings (SSSR count). The lowest BCUT2D eigenvalue weighted by molar-refractivity contribution is 0.0861. The number of Topliss-reactive ketones (excluding diaryl/α,β-unsaturated/α-hetero) is 1. The molecule has 0 aliphatic heterocycles. The first-order valence-electron chi connectivity index (χ1n) is 11.4. The first kappa shape index (κ1) is 25.9. The second-order valence-corrected chi connectivity index (χ2v) is 8.72. The van der Waals surface area contributed by atoms with Gasteiger partial charge in [-0.05, 0) is 59.4 Å². The zero-order valence-corrected chi connectivity index (χ0v) is 20.6. The van der Waals surface area contributed by atoms with Crippen molar-refractivity contribution in [2.45, 2.75) is 19.4 Å². The van der Waals surface area contributed by atoms with E-state index in [9.17, 15) is 14.4 Å². The summed E-state index contributed by atoms with van der Waals surface area (Å²) >= 11 is 0. The number of aromatic nitrogens is 3. The Morgan fingerprint density at radius 3 is 2.54 bits per heavy atom. The summed E-state index contributed by atoms with van der Waals surface area (Å²) in [7, 11) is 7.53. The van der Waals surface area contributed by atoms with Crippen LogP contribution in [0.3, 0.4) is 0 Å². The SMILES string of the molecule is CN(C)CCCC(=O)c1cccc(OCc2cccnc2-c2ccnn2C(=O)CN(C)C)c1C=O. The van der Waals surface area contributed by atoms with Gasteiger partial charge in [0, 0.05) is 23.7 Å². The van der Waals surface area contributed by atoms with Crippen molar-refractivity contribution >= 4 is 18.0 Å². The second kappa shape index (κ2) is 12.1. The molecule has 2 aromatic heterocycles. The topological polar surface area (TPSA) is 97.6 Å². The molecule has 0 radical (unpaired) electrons. The summed E-state index contributed by atoms with van der Waals surface area (Å²) in [6.45, 7) is 1.08. The predicted molar refractivity (Wildman–Crippen MR) is 133 cm³/mol. The molecule has 0 aliphatic carbocycles. The van der Waals surface area contributed by atoms with E-state index in [2.05, 4.69) is 10.1 Å². The number of pyridine rings is 1. The molecule has 0 saturated carbocycles. The molecule has 0 unspecified atom stereocenters. The third-order valence-corrected chi connectivity index (χ3v) is 5.34. The normalized spacial score (nSPS) is 11.1. The molecule has 1 aromatic carbocycles. The summed E-state index contributed by atoms with van der Waals surface area (Å²) in [5, 5.41) is 4.17. The minimum absolute atomic E-state index is 0.0926. The number of carbonyl (C=O) groups excluding carboxylic acids is 3. The Balaban J connectivity index is 1.82. The number of likely N-dealkylation sites (N-methyl/N-ethyl adjacent to an activating group) is 1. The minimum Gasteiger partial charge on any atom is -0.488 e. The van der Waals surface area contributed by atoms with Crippen LogP contribution in [-0.4, -0.2) is 83.8 Å². The molecule has 9 nitrogen and oxygen atoms in total. The molecule has 2 heterocycles. The first-order valence-corrected chi connectivity index (χ1v) is 11.4. The summed E-state index contributed by atoms with van der Waals surface area (Å²) in [5.41, 5.74) is 2.41. The molecule has 0 aliphatic rings. The van der Waals surface area contributed by atoms with E-state index in [0.717, 1.165) is 6.54 Å². The van der Waals surface area contributed by atoms with E-state index in [0.29, 0.717) is 47.4 Å². The van der Waals surface area contributed by atoms with E-state index in [1.54, 1.807) is 47.6 Å². The molecule has 0 spiro atoms. The maximum absolute atomic E-state index is 12.7. The predicted octanol–water partition coefficient (Wildman–Crippen LogP) is 3.06. The van der Waals surface area contributed by atoms with E-state index in [-0.39, 0.29) is 30.4 Å². The fourth-order valence-electron chi connectivity index (χ4n) is 3.69. The summed E-state index contributed by atoms with van der Waals surface area (Å²) < 4.78 is 7.33. The number of carbonyl (C=O) groups is 3. The van der Waals surface area contributed by atoms with E-state index in [1.165, 1.54) is 4.68 Å². The van der Waals surface area contributed by atoms with Gasteiger partial charge < -0.3 is 14.5 Å². The summed E-state index contributed by atoms with van der Waals surface area (Å²) in [6, 6.07) is 10.4. The summed E-state index contributed by atoms with van der Waals surface area (Å²) in [6.07, 6.45) is 4.90. The number of rotatable bonds is 12. The van der Waals surface area contributed by atoms with Crippen molar-refractivity contribution < 1.29 is 19.1 Å². The molecule has 184 valence electrons. The van der Waals surface area contributed by atoms with Crippen LogP contribution in [0.1, 0.15) is 43.9 Å². The van der Waals surface area contributed by atoms with E-state index >= 15 is 0 Å². The molecule has 3 aromatic rings. The highest BCUT2D eigenvalue weighted by atomic mass is 16.5. The van der Waals surface area contributed by atoms with E-state index in [1.807, 2.05) is 39.2 Å². The second-order valence-electron chi connectivity index (χ2n) is 8.72. The average Bonchev–Trinajstić information content (AvgIpc) is 3.32. The van der Waals surface area contributed by atoms with Crippen LogP contribution in [0.5, 0.6) is 5.75 Å². The van der Waals surface area contributed by atoms with Gasteiger partial charge in [-0.25, -0.2) is 0 Å². The molecule has 0 saturated heterocycles. The summed E-state index contributed by atoms with van der Waals surface area (Å²) in [4.78, 5) is 45.5. The van der Waals surface area contributed by atoms with Crippen molar-refractivity contribution in [3.63, 3.8) is 0 Å². The number of hydrogen-bond donors (Lipinski definition) is 0. The molecular formula is C26H31N5O4. The van der Waals surface area contributed by atoms with Gasteiger partial charge in [0.25, 0.3) is 5.91 Å². The van der Waals surface area contributed by atoms with Crippen LogP contribution >= 0.6 is 0 Å². The number of ether oxygens (including phenoxy) is 1. The molecule has 0 N–H and O–H groups in total. The zero-order valence-electron chi connectivity index (χ0n) is 20.6. The third kappa shape index (κ3) is 6.68. The van der Waals surface area contributed by atoms with Gasteiger partial charge in [-0.1, -0.05) is 18.2 Å². The fraction of sp³-hybridized carbons (Fsp3) is 0.346. The van der Waals surface area contributed by atoms with Crippen LogP contribution < -0.4 is 4.74 Å². The number of benzene rings is 1. The van der Waals surface area contributed by atoms with Crippen molar-refractivity contribution in [1.29, 1.82) is 0 Å². The monoisotopic (exact) mass is 477 g/mol. The van der Waals surface area contributed by atoms with E-state index < -0.39 is 0 Å². The Morgan fingerprint density at radius 1 is 1.03 bits per heavy atom. The molecular weight excluding hydrogens is 446 g/mol. The Hall–Kier alpha value is -3.69. The minimum atomic E-state index is -0.184. The Kier molecular flexibility index (Phi) is 8.99. The van der Waals surface area contributed by atoms with Crippen LogP contribution in [0.25, 0.3) is 11.4 Å². The lowest BCUT2D eigenvalue weighted by Crippen LogP contribution is -2.27. The van der Waals surface area contributed by atoms with Gasteiger partial charge in [-0.3, -0.25) is 19.4 Å². The van der Waals surface area contributed by atoms with Crippen molar-refractivity contribution in [2.24, 2.45) is 0 Å². The maximum Gasteiger partial charge on any atom is 0.261 e. The van der Waals surface area contributed by atoms with Crippen LogP contribution in [-0.2, 0) is 6.61 Å². The number of nitrogens with zero attached hydrogens (tertiary/aromatic N) is 5. The Morgan fingerprint density at radius 2 is 1.83 bits per heavy atom. The van der Waals surface area contributed by atoms with Gasteiger partial charge in [0.05, 0.1) is 29.7 Å². The van der Waals surface area contributed by atoms with Crippen molar-refractivity contribution in [3.8, 4) is 17.1 Å². The highest BCUT2D eigenvalue weighted by Gasteiger charge is 2.19. The molecule has 0 bridgehead atoms. The van der Waals surface area contributed by atoms with Gasteiger partial charge in [-0.15, -0.1) is 0 Å². The zero-order chi connectivity index (χ0) is 25.4. The van der Waals surface area contributed by atoms with Gasteiger partial charge in [0.1, 0.15) is 12.4 Å². The maximum atomic E-state index is 12.7. The van der Waals surface area contributed by atoms with Crippen LogP contribution in [0.15, 0.2) is 48.8 Å². The molecule has 0 amide bonds. The Bertz CT molecular complexity index is 1190. The van der Waals surface area contributed by atoms with Crippen LogP contribution in [0, 0.1) is 0 Å². The molecule has 0 atom stereocenters. The number of ketones is 1. The first-order chi connectivity index (χ1) is 16.8. The van der Waals surface area contributed by atoms with Crippen LogP contribution in [0.2, 0.25) is 0 Å². The third-order valence-electron chi connectivity index (χ3n) is 5.34. The quantitative estimate of drug-likeness (QED) is 0.290. The number of aldehydes is 1. The van der Waals surface area contributed by atoms with Crippen molar-refractivity contribution in [1.82, 2.24) is 24.6 Å². The van der Waals surface area contributed by atoms with Gasteiger partial charge in [-0.2, -0.15) is 9.78 Å². The lowest BCUT2D eigenvalue weighted by Gasteiger charge is -2.15. The molecule has 0 fully saturated rings. The Labute approximate surface area is 205 Å². The number of hydrogen-bond acceptors (Lipinski definition) is 8. The lowest BCUT2D eigenvalue weighted by atomic mass is 10.0. The fourth-order valence-corrected chi connectivity index (χ4v) is 3.69. The van der Waals surface area contributed by atoms with Crippen molar-refractivity contribution in [3.05, 3.63) is 65.5 Å². The molecule has 9 heteroatoms. The van der Waals surface area contributed by atoms with Gasteiger partial charge >= 0.3 is 0 Å². The summed E-state index contributed by atoms with van der Waals surface area (Å²) in [5.74, 6) is 0.0477. The van der Waals surface area contributed by atoms with Gasteiger partial charge in [0.2, 0.25) is 0 Å². The highest BCUT2D eigenvalue weighted by Crippen LogP contribution is 2.26. The molecule has 35 heavy (non-hydrogen) atoms. The van der Waals surface area contributed by atoms with Gasteiger partial charge in [0.15, 0.2) is 12.1 Å².